The molecule has 2 fully saturated rings. The number of likely N-dealkylation sites (tertiary alicyclic amines) is 1. The van der Waals surface area contributed by atoms with Crippen LogP contribution in [0.2, 0.25) is 0 Å². The Balaban J connectivity index is 2.05. The standard InChI is InChI=1S/C16H30N2O3/c1-13(2,3)21-12(19)18-9-8-15(17,11-18)16(20)7-6-14(4,5)10-16/h20H,6-11,17H2,1-5H3. The monoisotopic (exact) mass is 298 g/mol. The third-order valence-corrected chi connectivity index (χ3v) is 4.87. The number of hydrogen-bond acceptors (Lipinski definition) is 4. The number of rotatable bonds is 1. The second-order valence-corrected chi connectivity index (χ2v) is 8.68. The molecular formula is C16H30N2O3. The lowest BCUT2D eigenvalue weighted by molar-refractivity contribution is -0.0349. The van der Waals surface area contributed by atoms with Gasteiger partial charge in [-0.2, -0.15) is 0 Å². The van der Waals surface area contributed by atoms with Gasteiger partial charge in [-0.15, -0.1) is 0 Å². The van der Waals surface area contributed by atoms with Crippen molar-refractivity contribution in [3.8, 4) is 0 Å². The first-order valence-electron chi connectivity index (χ1n) is 7.85. The van der Waals surface area contributed by atoms with Crippen molar-refractivity contribution < 1.29 is 14.6 Å². The van der Waals surface area contributed by atoms with E-state index in [1.54, 1.807) is 4.90 Å². The molecule has 0 radical (unpaired) electrons. The van der Waals surface area contributed by atoms with E-state index in [4.69, 9.17) is 10.5 Å². The maximum atomic E-state index is 12.2. The highest BCUT2D eigenvalue weighted by Gasteiger charge is 2.57. The second-order valence-electron chi connectivity index (χ2n) is 8.68. The van der Waals surface area contributed by atoms with E-state index >= 15 is 0 Å². The minimum Gasteiger partial charge on any atom is -0.444 e. The predicted octanol–water partition coefficient (Wildman–Crippen LogP) is 2.27. The van der Waals surface area contributed by atoms with Gasteiger partial charge in [0.1, 0.15) is 5.60 Å². The number of nitrogens with zero attached hydrogens (tertiary/aromatic N) is 1. The van der Waals surface area contributed by atoms with E-state index in [1.807, 2.05) is 20.8 Å². The number of hydrogen-bond donors (Lipinski definition) is 2. The topological polar surface area (TPSA) is 75.8 Å². The van der Waals surface area contributed by atoms with Crippen molar-refractivity contribution in [2.75, 3.05) is 13.1 Å². The van der Waals surface area contributed by atoms with Crippen molar-refractivity contribution in [2.24, 2.45) is 11.1 Å². The van der Waals surface area contributed by atoms with Gasteiger partial charge >= 0.3 is 6.09 Å². The zero-order valence-electron chi connectivity index (χ0n) is 14.0. The Bertz CT molecular complexity index is 430. The van der Waals surface area contributed by atoms with Gasteiger partial charge in [0.25, 0.3) is 0 Å². The van der Waals surface area contributed by atoms with Crippen LogP contribution < -0.4 is 5.73 Å². The third-order valence-electron chi connectivity index (χ3n) is 4.87. The number of carbonyl (C=O) groups excluding carboxylic acids is 1. The Morgan fingerprint density at radius 3 is 2.33 bits per heavy atom. The summed E-state index contributed by atoms with van der Waals surface area (Å²) in [5.41, 5.74) is 4.51. The predicted molar refractivity (Wildman–Crippen MR) is 81.9 cm³/mol. The zero-order valence-corrected chi connectivity index (χ0v) is 14.0. The van der Waals surface area contributed by atoms with Crippen molar-refractivity contribution >= 4 is 6.09 Å². The van der Waals surface area contributed by atoms with Crippen LogP contribution in [0.1, 0.15) is 60.3 Å². The molecule has 0 aromatic rings. The average Bonchev–Trinajstić information content (AvgIpc) is 2.80. The molecule has 122 valence electrons. The first-order chi connectivity index (χ1) is 9.36. The fourth-order valence-corrected chi connectivity index (χ4v) is 3.63. The molecule has 0 spiro atoms. The first kappa shape index (κ1) is 16.6. The fraction of sp³-hybridized carbons (Fsp3) is 0.938. The van der Waals surface area contributed by atoms with Crippen LogP contribution in [0, 0.1) is 5.41 Å². The van der Waals surface area contributed by atoms with Gasteiger partial charge in [-0.1, -0.05) is 13.8 Å². The molecule has 21 heavy (non-hydrogen) atoms. The smallest absolute Gasteiger partial charge is 0.410 e. The van der Waals surface area contributed by atoms with Gasteiger partial charge in [0.05, 0.1) is 11.1 Å². The van der Waals surface area contributed by atoms with E-state index in [0.717, 1.165) is 6.42 Å². The van der Waals surface area contributed by atoms with Gasteiger partial charge in [-0.05, 0) is 51.9 Å². The van der Waals surface area contributed by atoms with Gasteiger partial charge < -0.3 is 20.5 Å². The lowest BCUT2D eigenvalue weighted by atomic mass is 9.76. The molecule has 5 heteroatoms. The molecule has 1 saturated heterocycles. The molecule has 5 nitrogen and oxygen atoms in total. The summed E-state index contributed by atoms with van der Waals surface area (Å²) in [4.78, 5) is 13.8. The minimum atomic E-state index is -0.882. The molecule has 1 heterocycles. The summed E-state index contributed by atoms with van der Waals surface area (Å²) in [7, 11) is 0. The van der Waals surface area contributed by atoms with Gasteiger partial charge in [-0.25, -0.2) is 4.79 Å². The number of ether oxygens (including phenoxy) is 1. The molecule has 0 aromatic heterocycles. The van der Waals surface area contributed by atoms with E-state index in [0.29, 0.717) is 32.4 Å². The molecule has 2 aliphatic rings. The van der Waals surface area contributed by atoms with Crippen LogP contribution in [-0.2, 0) is 4.74 Å². The molecule has 0 aromatic carbocycles. The number of carbonyl (C=O) groups is 1. The molecule has 1 saturated carbocycles. The van der Waals surface area contributed by atoms with Crippen LogP contribution in [0.3, 0.4) is 0 Å². The summed E-state index contributed by atoms with van der Waals surface area (Å²) in [6.07, 6.45) is 2.65. The van der Waals surface area contributed by atoms with Crippen LogP contribution in [-0.4, -0.2) is 45.9 Å². The normalized spacial score (nSPS) is 36.0. The van der Waals surface area contributed by atoms with Crippen LogP contribution in [0.5, 0.6) is 0 Å². The Labute approximate surface area is 127 Å². The molecule has 1 aliphatic carbocycles. The molecule has 2 atom stereocenters. The van der Waals surface area contributed by atoms with Crippen molar-refractivity contribution in [3.05, 3.63) is 0 Å². The Hall–Kier alpha value is -0.810. The molecule has 2 rings (SSSR count). The molecular weight excluding hydrogens is 268 g/mol. The van der Waals surface area contributed by atoms with Gasteiger partial charge in [0, 0.05) is 13.1 Å². The van der Waals surface area contributed by atoms with Gasteiger partial charge in [0.2, 0.25) is 0 Å². The maximum Gasteiger partial charge on any atom is 0.410 e. The highest BCUT2D eigenvalue weighted by Crippen LogP contribution is 2.49. The maximum absolute atomic E-state index is 12.2. The van der Waals surface area contributed by atoms with E-state index in [-0.39, 0.29) is 11.5 Å². The minimum absolute atomic E-state index is 0.112. The Morgan fingerprint density at radius 1 is 1.24 bits per heavy atom. The Kier molecular flexibility index (Phi) is 3.82. The molecule has 3 N–H and O–H groups in total. The van der Waals surface area contributed by atoms with Crippen LogP contribution >= 0.6 is 0 Å². The number of aliphatic hydroxyl groups is 1. The average molecular weight is 298 g/mol. The number of amides is 1. The van der Waals surface area contributed by atoms with Crippen LogP contribution in [0.25, 0.3) is 0 Å². The SMILES string of the molecule is CC1(C)CCC(O)(C2(N)CCN(C(=O)OC(C)(C)C)C2)C1. The van der Waals surface area contributed by atoms with Crippen molar-refractivity contribution in [3.63, 3.8) is 0 Å². The summed E-state index contributed by atoms with van der Waals surface area (Å²) in [6.45, 7) is 10.8. The second kappa shape index (κ2) is 4.85. The largest absolute Gasteiger partial charge is 0.444 e. The fourth-order valence-electron chi connectivity index (χ4n) is 3.63. The first-order valence-corrected chi connectivity index (χ1v) is 7.85. The lowest BCUT2D eigenvalue weighted by Gasteiger charge is -2.40. The Morgan fingerprint density at radius 2 is 1.86 bits per heavy atom. The van der Waals surface area contributed by atoms with E-state index < -0.39 is 16.7 Å². The highest BCUT2D eigenvalue weighted by molar-refractivity contribution is 5.68. The zero-order chi connectivity index (χ0) is 16.1. The lowest BCUT2D eigenvalue weighted by Crippen LogP contribution is -2.61. The summed E-state index contributed by atoms with van der Waals surface area (Å²) in [5, 5.41) is 11.0. The third kappa shape index (κ3) is 3.34. The number of nitrogens with two attached hydrogens (primary N) is 1. The van der Waals surface area contributed by atoms with Gasteiger partial charge in [0.15, 0.2) is 0 Å². The summed E-state index contributed by atoms with van der Waals surface area (Å²) >= 11 is 0. The van der Waals surface area contributed by atoms with Crippen molar-refractivity contribution in [2.45, 2.75) is 77.0 Å². The highest BCUT2D eigenvalue weighted by atomic mass is 16.6. The van der Waals surface area contributed by atoms with Crippen LogP contribution in [0.4, 0.5) is 4.79 Å². The summed E-state index contributed by atoms with van der Waals surface area (Å²) in [6, 6.07) is 0. The van der Waals surface area contributed by atoms with Crippen LogP contribution in [0.15, 0.2) is 0 Å². The summed E-state index contributed by atoms with van der Waals surface area (Å²) < 4.78 is 5.40. The summed E-state index contributed by atoms with van der Waals surface area (Å²) in [5.74, 6) is 0. The molecule has 1 amide bonds. The van der Waals surface area contributed by atoms with E-state index in [9.17, 15) is 9.90 Å². The molecule has 2 unspecified atom stereocenters. The van der Waals surface area contributed by atoms with E-state index in [2.05, 4.69) is 13.8 Å². The van der Waals surface area contributed by atoms with Crippen molar-refractivity contribution in [1.82, 2.24) is 4.90 Å². The quantitative estimate of drug-likeness (QED) is 0.778. The van der Waals surface area contributed by atoms with Gasteiger partial charge in [-0.3, -0.25) is 0 Å². The van der Waals surface area contributed by atoms with E-state index in [1.165, 1.54) is 0 Å². The molecule has 0 bridgehead atoms. The van der Waals surface area contributed by atoms with Crippen molar-refractivity contribution in [1.29, 1.82) is 0 Å². The molecule has 1 aliphatic heterocycles.